The number of thiophene rings is 1. The quantitative estimate of drug-likeness (QED) is 0.838. The predicted octanol–water partition coefficient (Wildman–Crippen LogP) is 3.25. The highest BCUT2D eigenvalue weighted by atomic mass is 79.9. The number of halogens is 1. The Hall–Kier alpha value is 0.0900. The minimum absolute atomic E-state index is 0.0331. The van der Waals surface area contributed by atoms with E-state index in [1.165, 1.54) is 12.8 Å². The third-order valence-corrected chi connectivity index (χ3v) is 6.84. The molecule has 0 aliphatic heterocycles. The molecule has 6 heteroatoms. The molecule has 0 amide bonds. The smallest absolute Gasteiger partial charge is 0.212 e. The third kappa shape index (κ3) is 3.53. The van der Waals surface area contributed by atoms with Crippen LogP contribution in [-0.4, -0.2) is 13.1 Å². The van der Waals surface area contributed by atoms with Crippen LogP contribution >= 0.6 is 27.3 Å². The van der Waals surface area contributed by atoms with Crippen molar-refractivity contribution >= 4 is 37.3 Å². The van der Waals surface area contributed by atoms with Crippen LogP contribution in [-0.2, 0) is 10.0 Å². The summed E-state index contributed by atoms with van der Waals surface area (Å²) in [5.74, 6) is 0.447. The SMILES string of the molecule is O=S(=O)(CBr)NC(c1cccs1)C1CCCC1. The molecule has 1 fully saturated rings. The average Bonchev–Trinajstić information content (AvgIpc) is 2.99. The van der Waals surface area contributed by atoms with E-state index >= 15 is 0 Å². The normalized spacial score (nSPS) is 19.6. The molecule has 0 bridgehead atoms. The molecule has 1 heterocycles. The van der Waals surface area contributed by atoms with Crippen molar-refractivity contribution in [3.63, 3.8) is 0 Å². The van der Waals surface area contributed by atoms with Crippen molar-refractivity contribution in [3.8, 4) is 0 Å². The molecule has 0 saturated heterocycles. The van der Waals surface area contributed by atoms with E-state index in [0.29, 0.717) is 5.92 Å². The summed E-state index contributed by atoms with van der Waals surface area (Å²) in [6.45, 7) is 0. The van der Waals surface area contributed by atoms with Crippen molar-refractivity contribution in [1.82, 2.24) is 4.72 Å². The van der Waals surface area contributed by atoms with E-state index in [1.807, 2.05) is 17.5 Å². The van der Waals surface area contributed by atoms with Gasteiger partial charge in [0, 0.05) is 4.88 Å². The third-order valence-electron chi connectivity index (χ3n) is 3.17. The van der Waals surface area contributed by atoms with Gasteiger partial charge in [-0.1, -0.05) is 34.8 Å². The van der Waals surface area contributed by atoms with Crippen molar-refractivity contribution in [2.24, 2.45) is 5.92 Å². The second-order valence-electron chi connectivity index (χ2n) is 4.38. The molecule has 2 rings (SSSR count). The lowest BCUT2D eigenvalue weighted by Crippen LogP contribution is -2.32. The highest BCUT2D eigenvalue weighted by Gasteiger charge is 2.29. The molecular weight excluding hydrogens is 322 g/mol. The van der Waals surface area contributed by atoms with Gasteiger partial charge in [-0.3, -0.25) is 0 Å². The maximum absolute atomic E-state index is 11.7. The fraction of sp³-hybridized carbons (Fsp3) is 0.636. The van der Waals surface area contributed by atoms with E-state index in [2.05, 4.69) is 20.7 Å². The van der Waals surface area contributed by atoms with Gasteiger partial charge in [0.15, 0.2) is 0 Å². The van der Waals surface area contributed by atoms with Gasteiger partial charge in [-0.25, -0.2) is 13.1 Å². The molecule has 3 nitrogen and oxygen atoms in total. The molecule has 96 valence electrons. The minimum atomic E-state index is -3.21. The first kappa shape index (κ1) is 13.5. The maximum atomic E-state index is 11.7. The summed E-state index contributed by atoms with van der Waals surface area (Å²) < 4.78 is 26.2. The fourth-order valence-electron chi connectivity index (χ4n) is 2.37. The zero-order valence-corrected chi connectivity index (χ0v) is 12.7. The van der Waals surface area contributed by atoms with Crippen molar-refractivity contribution in [2.75, 3.05) is 4.66 Å². The van der Waals surface area contributed by atoms with Gasteiger partial charge in [0.05, 0.1) is 6.04 Å². The average molecular weight is 338 g/mol. The van der Waals surface area contributed by atoms with Crippen LogP contribution in [0.5, 0.6) is 0 Å². The van der Waals surface area contributed by atoms with Crippen LogP contribution in [0.1, 0.15) is 36.6 Å². The number of sulfonamides is 1. The molecule has 1 atom stereocenters. The number of nitrogens with one attached hydrogen (secondary N) is 1. The topological polar surface area (TPSA) is 46.2 Å². The van der Waals surface area contributed by atoms with Crippen molar-refractivity contribution in [1.29, 1.82) is 0 Å². The summed E-state index contributed by atoms with van der Waals surface area (Å²) in [4.78, 5) is 1.13. The fourth-order valence-corrected chi connectivity index (χ4v) is 4.48. The maximum Gasteiger partial charge on any atom is 0.222 e. The number of hydrogen-bond acceptors (Lipinski definition) is 3. The Kier molecular flexibility index (Phi) is 4.63. The van der Waals surface area contributed by atoms with E-state index in [0.717, 1.165) is 17.7 Å². The van der Waals surface area contributed by atoms with Gasteiger partial charge in [0.2, 0.25) is 10.0 Å². The highest BCUT2D eigenvalue weighted by molar-refractivity contribution is 9.10. The summed E-state index contributed by atoms with van der Waals surface area (Å²) in [6, 6.07) is 3.95. The Morgan fingerprint density at radius 1 is 1.47 bits per heavy atom. The molecule has 1 unspecified atom stereocenters. The van der Waals surface area contributed by atoms with Crippen LogP contribution in [0.3, 0.4) is 0 Å². The number of rotatable bonds is 5. The lowest BCUT2D eigenvalue weighted by atomic mass is 9.98. The molecule has 0 aromatic carbocycles. The van der Waals surface area contributed by atoms with Gasteiger partial charge in [0.25, 0.3) is 0 Å². The van der Waals surface area contributed by atoms with E-state index in [-0.39, 0.29) is 10.7 Å². The Balaban J connectivity index is 2.18. The molecule has 0 radical (unpaired) electrons. The second-order valence-corrected chi connectivity index (χ2v) is 8.42. The van der Waals surface area contributed by atoms with Gasteiger partial charge in [-0.15, -0.1) is 11.3 Å². The van der Waals surface area contributed by atoms with Crippen LogP contribution in [0, 0.1) is 5.92 Å². The van der Waals surface area contributed by atoms with Crippen molar-refractivity contribution in [2.45, 2.75) is 31.7 Å². The van der Waals surface area contributed by atoms with E-state index in [9.17, 15) is 8.42 Å². The molecule has 1 aromatic heterocycles. The monoisotopic (exact) mass is 337 g/mol. The molecule has 1 aliphatic carbocycles. The lowest BCUT2D eigenvalue weighted by Gasteiger charge is -2.23. The van der Waals surface area contributed by atoms with Crippen LogP contribution in [0.15, 0.2) is 17.5 Å². The zero-order chi connectivity index (χ0) is 12.3. The van der Waals surface area contributed by atoms with E-state index < -0.39 is 10.0 Å². The molecule has 0 spiro atoms. The molecule has 17 heavy (non-hydrogen) atoms. The second kappa shape index (κ2) is 5.82. The van der Waals surface area contributed by atoms with Crippen molar-refractivity contribution in [3.05, 3.63) is 22.4 Å². The van der Waals surface area contributed by atoms with Gasteiger partial charge in [-0.2, -0.15) is 0 Å². The van der Waals surface area contributed by atoms with Gasteiger partial charge >= 0.3 is 0 Å². The standard InChI is InChI=1S/C11H16BrNO2S2/c12-8-17(14,15)13-11(9-4-1-2-5-9)10-6-3-7-16-10/h3,6-7,9,11,13H,1-2,4-5,8H2. The first-order valence-corrected chi connectivity index (χ1v) is 9.37. The molecule has 1 N–H and O–H groups in total. The summed E-state index contributed by atoms with van der Waals surface area (Å²) in [7, 11) is -3.21. The molecule has 1 aliphatic rings. The van der Waals surface area contributed by atoms with E-state index in [1.54, 1.807) is 11.3 Å². The van der Waals surface area contributed by atoms with Crippen LogP contribution in [0.4, 0.5) is 0 Å². The summed E-state index contributed by atoms with van der Waals surface area (Å²) in [5.41, 5.74) is 0. The predicted molar refractivity (Wildman–Crippen MR) is 74.9 cm³/mol. The first-order chi connectivity index (χ1) is 8.12. The Labute approximate surface area is 115 Å². The van der Waals surface area contributed by atoms with Crippen molar-refractivity contribution < 1.29 is 8.42 Å². The first-order valence-electron chi connectivity index (χ1n) is 5.72. The summed E-state index contributed by atoms with van der Waals surface area (Å²) in [6.07, 6.45) is 4.66. The number of hydrogen-bond donors (Lipinski definition) is 1. The van der Waals surface area contributed by atoms with Crippen LogP contribution in [0.25, 0.3) is 0 Å². The molecule has 1 saturated carbocycles. The highest BCUT2D eigenvalue weighted by Crippen LogP contribution is 2.37. The Morgan fingerprint density at radius 2 is 2.18 bits per heavy atom. The number of alkyl halides is 1. The van der Waals surface area contributed by atoms with Crippen LogP contribution < -0.4 is 4.72 Å². The minimum Gasteiger partial charge on any atom is -0.212 e. The Bertz CT molecular complexity index is 438. The van der Waals surface area contributed by atoms with Gasteiger partial charge in [-0.05, 0) is 30.2 Å². The summed E-state index contributed by atoms with van der Waals surface area (Å²) >= 11 is 4.65. The largest absolute Gasteiger partial charge is 0.222 e. The molecular formula is C11H16BrNO2S2. The Morgan fingerprint density at radius 3 is 2.71 bits per heavy atom. The zero-order valence-electron chi connectivity index (χ0n) is 9.43. The summed E-state index contributed by atoms with van der Waals surface area (Å²) in [5, 5.41) is 2.00. The van der Waals surface area contributed by atoms with E-state index in [4.69, 9.17) is 0 Å². The molecule has 1 aromatic rings. The van der Waals surface area contributed by atoms with Gasteiger partial charge < -0.3 is 0 Å². The van der Waals surface area contributed by atoms with Gasteiger partial charge in [0.1, 0.15) is 4.66 Å². The van der Waals surface area contributed by atoms with Crippen LogP contribution in [0.2, 0.25) is 0 Å². The lowest BCUT2D eigenvalue weighted by molar-refractivity contribution is 0.416.